The molecule has 6 rings (SSSR count). The van der Waals surface area contributed by atoms with Gasteiger partial charge in [-0.05, 0) is 37.3 Å². The van der Waals surface area contributed by atoms with E-state index in [2.05, 4.69) is 34.4 Å². The molecule has 0 spiro atoms. The van der Waals surface area contributed by atoms with Gasteiger partial charge in [0.15, 0.2) is 0 Å². The van der Waals surface area contributed by atoms with E-state index in [4.69, 9.17) is 9.52 Å². The molecule has 33 heavy (non-hydrogen) atoms. The highest BCUT2D eigenvalue weighted by molar-refractivity contribution is 7.27. The van der Waals surface area contributed by atoms with Gasteiger partial charge in [-0.1, -0.05) is 21.4 Å². The molecule has 2 atom stereocenters. The number of aromatic nitrogens is 7. The highest BCUT2D eigenvalue weighted by atomic mass is 31.0. The van der Waals surface area contributed by atoms with Gasteiger partial charge in [-0.2, -0.15) is 5.10 Å². The van der Waals surface area contributed by atoms with Crippen molar-refractivity contribution in [1.29, 1.82) is 0 Å². The number of hydrogen-bond acceptors (Lipinski definition) is 7. The fourth-order valence-corrected chi connectivity index (χ4v) is 4.50. The van der Waals surface area contributed by atoms with Crippen LogP contribution in [-0.2, 0) is 6.42 Å². The Morgan fingerprint density at radius 2 is 2.09 bits per heavy atom. The van der Waals surface area contributed by atoms with Gasteiger partial charge in [0, 0.05) is 24.4 Å². The van der Waals surface area contributed by atoms with Gasteiger partial charge in [0.1, 0.15) is 11.7 Å². The van der Waals surface area contributed by atoms with E-state index >= 15 is 0 Å². The van der Waals surface area contributed by atoms with Crippen LogP contribution >= 0.6 is 9.24 Å². The molecular formula is C22H19N8O2P. The number of rotatable bonds is 3. The van der Waals surface area contributed by atoms with Crippen molar-refractivity contribution >= 4 is 26.1 Å². The van der Waals surface area contributed by atoms with Gasteiger partial charge in [0.25, 0.3) is 5.89 Å². The van der Waals surface area contributed by atoms with Crippen molar-refractivity contribution in [3.8, 4) is 11.6 Å². The molecule has 1 amide bonds. The number of aryl methyl sites for hydroxylation is 1. The van der Waals surface area contributed by atoms with Crippen LogP contribution in [0.25, 0.3) is 17.1 Å². The molecule has 1 aliphatic heterocycles. The lowest BCUT2D eigenvalue weighted by Crippen LogP contribution is -2.41. The zero-order valence-electron chi connectivity index (χ0n) is 17.6. The van der Waals surface area contributed by atoms with E-state index in [9.17, 15) is 4.79 Å². The van der Waals surface area contributed by atoms with Crippen LogP contribution in [0.1, 0.15) is 39.5 Å². The summed E-state index contributed by atoms with van der Waals surface area (Å²) in [5.41, 5.74) is 5.66. The van der Waals surface area contributed by atoms with Gasteiger partial charge in [-0.3, -0.25) is 4.79 Å². The number of carbonyl (C=O) groups is 1. The normalized spacial score (nSPS) is 15.7. The van der Waals surface area contributed by atoms with Crippen LogP contribution in [0.5, 0.6) is 0 Å². The molecule has 11 heteroatoms. The second kappa shape index (κ2) is 7.60. The van der Waals surface area contributed by atoms with Crippen molar-refractivity contribution < 1.29 is 9.21 Å². The van der Waals surface area contributed by atoms with E-state index in [0.29, 0.717) is 24.4 Å². The number of pyridine rings is 2. The Bertz CT molecular complexity index is 1500. The summed E-state index contributed by atoms with van der Waals surface area (Å²) in [7, 11) is 2.68. The van der Waals surface area contributed by atoms with Crippen molar-refractivity contribution in [1.82, 2.24) is 39.7 Å². The number of amides is 1. The Balaban J connectivity index is 1.40. The molecule has 164 valence electrons. The van der Waals surface area contributed by atoms with E-state index in [-0.39, 0.29) is 17.7 Å². The van der Waals surface area contributed by atoms with Gasteiger partial charge < -0.3 is 14.3 Å². The Kier molecular flexibility index (Phi) is 4.55. The summed E-state index contributed by atoms with van der Waals surface area (Å²) in [6.45, 7) is 2.33. The average molecular weight is 458 g/mol. The summed E-state index contributed by atoms with van der Waals surface area (Å²) in [5, 5.41) is 12.8. The Morgan fingerprint density at radius 1 is 1.21 bits per heavy atom. The van der Waals surface area contributed by atoms with E-state index in [0.717, 1.165) is 28.0 Å². The molecule has 10 nitrogen and oxygen atoms in total. The first kappa shape index (κ1) is 19.8. The quantitative estimate of drug-likeness (QED) is 0.411. The lowest BCUT2D eigenvalue weighted by Gasteiger charge is -2.32. The van der Waals surface area contributed by atoms with Crippen molar-refractivity contribution in [2.75, 3.05) is 6.54 Å². The number of H-pyrrole nitrogens is 1. The molecule has 5 aromatic heterocycles. The van der Waals surface area contributed by atoms with E-state index in [1.165, 1.54) is 0 Å². The summed E-state index contributed by atoms with van der Waals surface area (Å²) < 4.78 is 7.57. The molecule has 0 saturated carbocycles. The largest absolute Gasteiger partial charge is 0.411 e. The van der Waals surface area contributed by atoms with Crippen LogP contribution in [-0.4, -0.2) is 52.1 Å². The molecule has 0 bridgehead atoms. The molecule has 0 radical (unpaired) electrons. The summed E-state index contributed by atoms with van der Waals surface area (Å²) >= 11 is 0. The van der Waals surface area contributed by atoms with Crippen molar-refractivity contribution in [3.63, 3.8) is 0 Å². The first-order valence-corrected chi connectivity index (χ1v) is 11.0. The molecule has 0 aliphatic carbocycles. The lowest BCUT2D eigenvalue weighted by molar-refractivity contribution is 0.0646. The minimum Gasteiger partial charge on any atom is -0.411 e. The molecule has 1 N–H and O–H groups in total. The second-order valence-electron chi connectivity index (χ2n) is 7.85. The van der Waals surface area contributed by atoms with Crippen LogP contribution < -0.4 is 5.44 Å². The third kappa shape index (κ3) is 3.30. The predicted octanol–water partition coefficient (Wildman–Crippen LogP) is 2.10. The van der Waals surface area contributed by atoms with Crippen LogP contribution in [0.4, 0.5) is 0 Å². The smallest absolute Gasteiger partial charge is 0.312 e. The Labute approximate surface area is 190 Å². The zero-order chi connectivity index (χ0) is 22.5. The molecule has 5 aromatic rings. The average Bonchev–Trinajstić information content (AvgIpc) is 3.57. The number of fused-ring (bicyclic) bond motifs is 2. The summed E-state index contributed by atoms with van der Waals surface area (Å²) in [4.78, 5) is 27.3. The number of hydrogen-bond donors (Lipinski definition) is 1. The number of carbonyl (C=O) groups excluding carboxylic acids is 1. The van der Waals surface area contributed by atoms with E-state index in [1.807, 2.05) is 47.8 Å². The number of aromatic amines is 1. The fourth-order valence-electron chi connectivity index (χ4n) is 4.18. The van der Waals surface area contributed by atoms with Crippen LogP contribution in [0.15, 0.2) is 53.2 Å². The molecule has 1 aliphatic rings. The zero-order valence-corrected chi connectivity index (χ0v) is 18.8. The van der Waals surface area contributed by atoms with Gasteiger partial charge in [0.2, 0.25) is 0 Å². The molecule has 6 heterocycles. The molecule has 1 unspecified atom stereocenters. The summed E-state index contributed by atoms with van der Waals surface area (Å²) in [5.74, 6) is -0.257. The topological polar surface area (TPSA) is 118 Å². The summed E-state index contributed by atoms with van der Waals surface area (Å²) in [6, 6.07) is 12.9. The minimum absolute atomic E-state index is 0.0900. The summed E-state index contributed by atoms with van der Waals surface area (Å²) in [6.07, 6.45) is 2.29. The Morgan fingerprint density at radius 3 is 2.94 bits per heavy atom. The van der Waals surface area contributed by atoms with Crippen molar-refractivity contribution in [2.45, 2.75) is 19.4 Å². The predicted molar refractivity (Wildman–Crippen MR) is 122 cm³/mol. The maximum absolute atomic E-state index is 13.5. The van der Waals surface area contributed by atoms with Crippen molar-refractivity contribution in [2.24, 2.45) is 0 Å². The third-order valence-corrected chi connectivity index (χ3v) is 6.15. The second-order valence-corrected chi connectivity index (χ2v) is 8.44. The highest BCUT2D eigenvalue weighted by Crippen LogP contribution is 2.34. The van der Waals surface area contributed by atoms with Crippen LogP contribution in [0.3, 0.4) is 0 Å². The number of imidazole rings is 1. The fraction of sp³-hybridized carbons (Fsp3) is 0.182. The van der Waals surface area contributed by atoms with E-state index in [1.54, 1.807) is 17.3 Å². The standard InChI is InChI=1S/C22H19N8O2P/c1-12-4-2-6-15(25-12)20-26-27-21(32-20)22(31)29-9-8-14-18(24-11-23-14)19(29)16-10-13-5-3-7-17(33)30(13)28-16/h2-7,10-11,19H,8-9,33H2,1H3,(H,23,24)/t19-/m1/s1. The van der Waals surface area contributed by atoms with Gasteiger partial charge in [0.05, 0.1) is 28.7 Å². The highest BCUT2D eigenvalue weighted by Gasteiger charge is 2.38. The van der Waals surface area contributed by atoms with Crippen molar-refractivity contribution in [3.05, 3.63) is 77.5 Å². The van der Waals surface area contributed by atoms with Crippen LogP contribution in [0.2, 0.25) is 0 Å². The lowest BCUT2D eigenvalue weighted by atomic mass is 9.99. The molecule has 0 aromatic carbocycles. The Hall–Kier alpha value is -3.91. The minimum atomic E-state index is -0.482. The van der Waals surface area contributed by atoms with Crippen LogP contribution in [0, 0.1) is 6.92 Å². The maximum atomic E-state index is 13.5. The van der Waals surface area contributed by atoms with Gasteiger partial charge in [-0.15, -0.1) is 10.2 Å². The van der Waals surface area contributed by atoms with Gasteiger partial charge >= 0.3 is 11.8 Å². The first-order chi connectivity index (χ1) is 16.1. The molecule has 0 saturated heterocycles. The number of nitrogens with one attached hydrogen (secondary N) is 1. The number of nitrogens with zero attached hydrogens (tertiary/aromatic N) is 7. The molecule has 0 fully saturated rings. The SMILES string of the molecule is Cc1cccc(-c2nnc(C(=O)N3CCc4[nH]cnc4[C@H]3c3cc4cccc(P)n4n3)o2)n1. The third-order valence-electron chi connectivity index (χ3n) is 5.72. The van der Waals surface area contributed by atoms with E-state index < -0.39 is 6.04 Å². The monoisotopic (exact) mass is 458 g/mol. The molecular weight excluding hydrogens is 439 g/mol. The maximum Gasteiger partial charge on any atom is 0.312 e. The van der Waals surface area contributed by atoms with Gasteiger partial charge in [-0.25, -0.2) is 14.5 Å². The first-order valence-electron chi connectivity index (χ1n) is 10.4.